The summed E-state index contributed by atoms with van der Waals surface area (Å²) in [6.07, 6.45) is -4.20. The third-order valence-electron chi connectivity index (χ3n) is 6.37. The van der Waals surface area contributed by atoms with Crippen LogP contribution >= 0.6 is 0 Å². The molecule has 4 rings (SSSR count). The highest BCUT2D eigenvalue weighted by Gasteiger charge is 2.44. The van der Waals surface area contributed by atoms with E-state index in [9.17, 15) is 35.7 Å². The van der Waals surface area contributed by atoms with Gasteiger partial charge in [-0.05, 0) is 35.4 Å². The summed E-state index contributed by atoms with van der Waals surface area (Å²) in [5, 5.41) is 69.5. The molecule has 0 aliphatic carbocycles. The number of hydrogen-bond donors (Lipinski definition) is 7. The van der Waals surface area contributed by atoms with Gasteiger partial charge in [0.15, 0.2) is 29.3 Å². The van der Waals surface area contributed by atoms with E-state index in [0.29, 0.717) is 16.7 Å². The number of phenols is 2. The zero-order valence-electron chi connectivity index (χ0n) is 19.5. The monoisotopic (exact) mass is 506 g/mol. The van der Waals surface area contributed by atoms with E-state index < -0.39 is 49.3 Å². The van der Waals surface area contributed by atoms with E-state index in [2.05, 4.69) is 0 Å². The molecule has 2 heterocycles. The van der Waals surface area contributed by atoms with Gasteiger partial charge >= 0.3 is 0 Å². The molecule has 1 saturated heterocycles. The summed E-state index contributed by atoms with van der Waals surface area (Å²) in [4.78, 5) is 0. The fourth-order valence-electron chi connectivity index (χ4n) is 4.44. The molecule has 0 saturated carbocycles. The quantitative estimate of drug-likeness (QED) is 0.259. The molecule has 36 heavy (non-hydrogen) atoms. The highest BCUT2D eigenvalue weighted by Crippen LogP contribution is 2.51. The van der Waals surface area contributed by atoms with Gasteiger partial charge < -0.3 is 54.7 Å². The molecule has 0 spiro atoms. The summed E-state index contributed by atoms with van der Waals surface area (Å²) in [5.74, 6) is -0.122. The van der Waals surface area contributed by atoms with Crippen molar-refractivity contribution >= 4 is 6.08 Å². The highest BCUT2D eigenvalue weighted by molar-refractivity contribution is 5.62. The largest absolute Gasteiger partial charge is 0.504 e. The van der Waals surface area contributed by atoms with Gasteiger partial charge in [0.25, 0.3) is 0 Å². The predicted molar refractivity (Wildman–Crippen MR) is 125 cm³/mol. The first kappa shape index (κ1) is 26.2. The van der Waals surface area contributed by atoms with Crippen molar-refractivity contribution < 1.29 is 54.7 Å². The number of rotatable bonds is 8. The molecule has 7 atom stereocenters. The van der Waals surface area contributed by atoms with Gasteiger partial charge in [0.1, 0.15) is 30.5 Å². The van der Waals surface area contributed by atoms with Gasteiger partial charge in [0.2, 0.25) is 0 Å². The smallest absolute Gasteiger partial charge is 0.187 e. The maximum Gasteiger partial charge on any atom is 0.187 e. The number of phenolic OH excluding ortho intramolecular Hbond substituents is 2. The van der Waals surface area contributed by atoms with Gasteiger partial charge in [-0.2, -0.15) is 0 Å². The molecule has 2 aromatic carbocycles. The van der Waals surface area contributed by atoms with Crippen molar-refractivity contribution in [3.05, 3.63) is 53.1 Å². The van der Waals surface area contributed by atoms with Gasteiger partial charge in [-0.3, -0.25) is 0 Å². The molecule has 2 aromatic rings. The van der Waals surface area contributed by atoms with Crippen LogP contribution in [0.1, 0.15) is 28.7 Å². The summed E-state index contributed by atoms with van der Waals surface area (Å²) in [6.45, 7) is -0.856. The van der Waals surface area contributed by atoms with Crippen LogP contribution in [-0.4, -0.2) is 93.4 Å². The number of ether oxygens (including phenoxy) is 4. The average molecular weight is 507 g/mol. The van der Waals surface area contributed by atoms with Crippen molar-refractivity contribution in [2.75, 3.05) is 26.9 Å². The molecule has 2 aliphatic rings. The number of aliphatic hydroxyl groups is 5. The number of fused-ring (bicyclic) bond motifs is 1. The number of benzene rings is 2. The SMILES string of the molecule is COc1cc([C@@H]2Oc3c(O)cc(/C=C/CO[C@H]4O[C@@H](CO)[C@H](O)[C@@H](O)[C@@H]4O)cc3[C@H]2CO)ccc1O. The topological polar surface area (TPSA) is 179 Å². The molecule has 7 N–H and O–H groups in total. The first-order valence-corrected chi connectivity index (χ1v) is 11.4. The number of aromatic hydroxyl groups is 2. The lowest BCUT2D eigenvalue weighted by molar-refractivity contribution is -0.298. The molecule has 11 heteroatoms. The second-order valence-corrected chi connectivity index (χ2v) is 8.65. The fourth-order valence-corrected chi connectivity index (χ4v) is 4.44. The van der Waals surface area contributed by atoms with Gasteiger partial charge in [-0.1, -0.05) is 18.2 Å². The third-order valence-corrected chi connectivity index (χ3v) is 6.37. The van der Waals surface area contributed by atoms with Crippen LogP contribution in [0.3, 0.4) is 0 Å². The minimum atomic E-state index is -1.53. The zero-order chi connectivity index (χ0) is 26.0. The Labute approximate surface area is 207 Å². The van der Waals surface area contributed by atoms with Crippen molar-refractivity contribution in [3.63, 3.8) is 0 Å². The molecule has 2 aliphatic heterocycles. The lowest BCUT2D eigenvalue weighted by Crippen LogP contribution is -2.59. The van der Waals surface area contributed by atoms with Crippen LogP contribution < -0.4 is 9.47 Å². The van der Waals surface area contributed by atoms with Gasteiger partial charge in [0, 0.05) is 5.56 Å². The van der Waals surface area contributed by atoms with E-state index in [1.807, 2.05) is 0 Å². The summed E-state index contributed by atoms with van der Waals surface area (Å²) in [6, 6.07) is 7.99. The number of methoxy groups -OCH3 is 1. The summed E-state index contributed by atoms with van der Waals surface area (Å²) < 4.78 is 21.9. The Morgan fingerprint density at radius 2 is 1.72 bits per heavy atom. The first-order chi connectivity index (χ1) is 17.3. The Hall–Kier alpha value is -2.90. The summed E-state index contributed by atoms with van der Waals surface area (Å²) in [7, 11) is 1.43. The van der Waals surface area contributed by atoms with Crippen molar-refractivity contribution in [3.8, 4) is 23.0 Å². The molecule has 0 amide bonds. The molecule has 11 nitrogen and oxygen atoms in total. The Morgan fingerprint density at radius 3 is 2.42 bits per heavy atom. The summed E-state index contributed by atoms with van der Waals surface area (Å²) >= 11 is 0. The molecule has 1 fully saturated rings. The van der Waals surface area contributed by atoms with Crippen molar-refractivity contribution in [1.29, 1.82) is 0 Å². The average Bonchev–Trinajstić information content (AvgIpc) is 3.25. The minimum Gasteiger partial charge on any atom is -0.504 e. The van der Waals surface area contributed by atoms with Crippen LogP contribution in [0.25, 0.3) is 6.08 Å². The second kappa shape index (κ2) is 11.0. The van der Waals surface area contributed by atoms with Crippen molar-refractivity contribution in [2.24, 2.45) is 0 Å². The van der Waals surface area contributed by atoms with Gasteiger partial charge in [-0.15, -0.1) is 0 Å². The molecule has 196 valence electrons. The Bertz CT molecular complexity index is 1090. The lowest BCUT2D eigenvalue weighted by atomic mass is 9.90. The van der Waals surface area contributed by atoms with Gasteiger partial charge in [0.05, 0.1) is 32.8 Å². The van der Waals surface area contributed by atoms with Crippen LogP contribution in [-0.2, 0) is 9.47 Å². The third kappa shape index (κ3) is 5.00. The van der Waals surface area contributed by atoms with E-state index in [4.69, 9.17) is 18.9 Å². The van der Waals surface area contributed by atoms with Crippen molar-refractivity contribution in [1.82, 2.24) is 0 Å². The van der Waals surface area contributed by atoms with Crippen LogP contribution in [0, 0.1) is 0 Å². The van der Waals surface area contributed by atoms with E-state index >= 15 is 0 Å². The molecule has 0 unspecified atom stereocenters. The maximum absolute atomic E-state index is 10.6. The molecule has 0 bridgehead atoms. The van der Waals surface area contributed by atoms with Crippen LogP contribution in [0.15, 0.2) is 36.4 Å². The maximum atomic E-state index is 10.6. The highest BCUT2D eigenvalue weighted by atomic mass is 16.7. The van der Waals surface area contributed by atoms with Crippen LogP contribution in [0.2, 0.25) is 0 Å². The standard InChI is InChI=1S/C25H30O11/c1-33-18-9-13(4-5-16(18)28)23-15(10-26)14-7-12(8-17(29)24(14)36-23)3-2-6-34-25-22(32)21(31)20(30)19(11-27)35-25/h2-5,7-9,15,19-23,25-32H,6,10-11H2,1H3/b3-2+/t15-,19+,20+,21-,22+,23+,25+/m1/s1. The van der Waals surface area contributed by atoms with Gasteiger partial charge in [-0.25, -0.2) is 0 Å². The molecule has 0 radical (unpaired) electrons. The Morgan fingerprint density at radius 1 is 0.944 bits per heavy atom. The second-order valence-electron chi connectivity index (χ2n) is 8.65. The van der Waals surface area contributed by atoms with E-state index in [-0.39, 0.29) is 36.2 Å². The van der Waals surface area contributed by atoms with Crippen LogP contribution in [0.4, 0.5) is 0 Å². The first-order valence-electron chi connectivity index (χ1n) is 11.4. The number of hydrogen-bond acceptors (Lipinski definition) is 11. The molecular formula is C25H30O11. The van der Waals surface area contributed by atoms with Crippen LogP contribution in [0.5, 0.6) is 23.0 Å². The van der Waals surface area contributed by atoms with E-state index in [0.717, 1.165) is 0 Å². The zero-order valence-corrected chi connectivity index (χ0v) is 19.5. The number of aliphatic hydroxyl groups excluding tert-OH is 5. The van der Waals surface area contributed by atoms with E-state index in [1.165, 1.54) is 19.2 Å². The normalized spacial score (nSPS) is 29.8. The Kier molecular flexibility index (Phi) is 8.00. The summed E-state index contributed by atoms with van der Waals surface area (Å²) in [5.41, 5.74) is 1.85. The lowest BCUT2D eigenvalue weighted by Gasteiger charge is -2.39. The van der Waals surface area contributed by atoms with E-state index in [1.54, 1.807) is 30.4 Å². The predicted octanol–water partition coefficient (Wildman–Crippen LogP) is 0.146. The fraction of sp³-hybridized carbons (Fsp3) is 0.440. The minimum absolute atomic E-state index is 0.0292. The Balaban J connectivity index is 1.47. The van der Waals surface area contributed by atoms with Crippen molar-refractivity contribution in [2.45, 2.75) is 42.7 Å². The molecular weight excluding hydrogens is 476 g/mol. The molecule has 0 aromatic heterocycles.